The Bertz CT molecular complexity index is 794. The van der Waals surface area contributed by atoms with Crippen LogP contribution in [0.4, 0.5) is 0 Å². The van der Waals surface area contributed by atoms with Crippen LogP contribution in [0.25, 0.3) is 0 Å². The van der Waals surface area contributed by atoms with Gasteiger partial charge >= 0.3 is 0 Å². The van der Waals surface area contributed by atoms with Gasteiger partial charge in [0.05, 0.1) is 24.3 Å². The summed E-state index contributed by atoms with van der Waals surface area (Å²) in [7, 11) is 1.43. The maximum atomic E-state index is 11.8. The molecule has 0 spiro atoms. The Balaban J connectivity index is 1.86. The summed E-state index contributed by atoms with van der Waals surface area (Å²) < 4.78 is 5.46. The van der Waals surface area contributed by atoms with Gasteiger partial charge in [0, 0.05) is 5.56 Å². The molecule has 0 saturated heterocycles. The van der Waals surface area contributed by atoms with E-state index in [2.05, 4.69) is 31.8 Å². The number of phenols is 1. The molecule has 0 aliphatic heterocycles. The molecule has 2 aromatic rings. The molecule has 2 rings (SSSR count). The average molecular weight is 406 g/mol. The van der Waals surface area contributed by atoms with Crippen LogP contribution in [0, 0.1) is 0 Å². The first kappa shape index (κ1) is 18.5. The van der Waals surface area contributed by atoms with Crippen LogP contribution in [0.15, 0.2) is 52.0 Å². The predicted octanol–water partition coefficient (Wildman–Crippen LogP) is 2.04. The molecule has 3 N–H and O–H groups in total. The van der Waals surface area contributed by atoms with Gasteiger partial charge in [0.15, 0.2) is 11.5 Å². The van der Waals surface area contributed by atoms with Gasteiger partial charge < -0.3 is 15.2 Å². The number of hydrogen-bond donors (Lipinski definition) is 3. The molecule has 2 aromatic carbocycles. The molecule has 0 saturated carbocycles. The number of benzene rings is 2. The average Bonchev–Trinajstić information content (AvgIpc) is 2.63. The van der Waals surface area contributed by atoms with Gasteiger partial charge in [-0.25, -0.2) is 5.43 Å². The largest absolute Gasteiger partial charge is 0.503 e. The highest BCUT2D eigenvalue weighted by atomic mass is 79.9. The zero-order valence-electron chi connectivity index (χ0n) is 13.3. The lowest BCUT2D eigenvalue weighted by Crippen LogP contribution is -2.34. The van der Waals surface area contributed by atoms with Crippen LogP contribution >= 0.6 is 15.9 Å². The van der Waals surface area contributed by atoms with E-state index < -0.39 is 5.91 Å². The van der Waals surface area contributed by atoms with E-state index in [0.29, 0.717) is 15.6 Å². The Hall–Kier alpha value is -2.87. The topological polar surface area (TPSA) is 100 Å². The minimum Gasteiger partial charge on any atom is -0.503 e. The lowest BCUT2D eigenvalue weighted by Gasteiger charge is -2.06. The highest BCUT2D eigenvalue weighted by molar-refractivity contribution is 9.10. The number of rotatable bonds is 6. The van der Waals surface area contributed by atoms with E-state index >= 15 is 0 Å². The summed E-state index contributed by atoms with van der Waals surface area (Å²) in [6, 6.07) is 11.8. The molecule has 7 nitrogen and oxygen atoms in total. The van der Waals surface area contributed by atoms with Crippen LogP contribution in [0.5, 0.6) is 11.5 Å². The van der Waals surface area contributed by atoms with Crippen molar-refractivity contribution in [3.63, 3.8) is 0 Å². The van der Waals surface area contributed by atoms with Gasteiger partial charge in [-0.05, 0) is 45.8 Å². The van der Waals surface area contributed by atoms with E-state index in [1.54, 1.807) is 42.5 Å². The lowest BCUT2D eigenvalue weighted by atomic mass is 10.2. The normalized spacial score (nSPS) is 10.5. The molecule has 0 aliphatic carbocycles. The van der Waals surface area contributed by atoms with E-state index in [0.717, 1.165) is 0 Å². The molecule has 0 unspecified atom stereocenters. The number of nitrogens with zero attached hydrogens (tertiary/aromatic N) is 1. The lowest BCUT2D eigenvalue weighted by molar-refractivity contribution is -0.120. The second-order valence-corrected chi connectivity index (χ2v) is 5.75. The van der Waals surface area contributed by atoms with Crippen molar-refractivity contribution < 1.29 is 19.4 Å². The molecule has 0 fully saturated rings. The number of phenolic OH excluding ortho intramolecular Hbond substituents is 1. The SMILES string of the molecule is COc1cc(C=NNC(=O)CNC(=O)c2ccccc2)cc(Br)c1O. The molecule has 2 amide bonds. The number of amides is 2. The third-order valence-electron chi connectivity index (χ3n) is 3.12. The third kappa shape index (κ3) is 5.32. The second kappa shape index (κ2) is 8.84. The van der Waals surface area contributed by atoms with E-state index in [4.69, 9.17) is 4.74 Å². The number of halogens is 1. The Morgan fingerprint density at radius 3 is 2.68 bits per heavy atom. The van der Waals surface area contributed by atoms with Gasteiger partial charge in [0.25, 0.3) is 11.8 Å². The molecule has 0 heterocycles. The summed E-state index contributed by atoms with van der Waals surface area (Å²) in [5.41, 5.74) is 3.39. The van der Waals surface area contributed by atoms with E-state index in [-0.39, 0.29) is 24.0 Å². The fourth-order valence-electron chi connectivity index (χ4n) is 1.89. The number of methoxy groups -OCH3 is 1. The fourth-order valence-corrected chi connectivity index (χ4v) is 2.35. The number of carbonyl (C=O) groups is 2. The van der Waals surface area contributed by atoms with Gasteiger partial charge in [-0.2, -0.15) is 5.10 Å². The third-order valence-corrected chi connectivity index (χ3v) is 3.72. The van der Waals surface area contributed by atoms with Crippen molar-refractivity contribution in [1.82, 2.24) is 10.7 Å². The molecule has 0 bridgehead atoms. The molecule has 25 heavy (non-hydrogen) atoms. The number of ether oxygens (including phenoxy) is 1. The first-order valence-corrected chi connectivity index (χ1v) is 8.02. The van der Waals surface area contributed by atoms with Crippen LogP contribution in [-0.2, 0) is 4.79 Å². The van der Waals surface area contributed by atoms with Crippen LogP contribution in [0.1, 0.15) is 15.9 Å². The van der Waals surface area contributed by atoms with Crippen LogP contribution in [0.3, 0.4) is 0 Å². The first-order valence-electron chi connectivity index (χ1n) is 7.23. The van der Waals surface area contributed by atoms with Gasteiger partial charge in [-0.3, -0.25) is 9.59 Å². The summed E-state index contributed by atoms with van der Waals surface area (Å²) in [4.78, 5) is 23.5. The van der Waals surface area contributed by atoms with Crippen LogP contribution in [0.2, 0.25) is 0 Å². The molecule has 0 atom stereocenters. The summed E-state index contributed by atoms with van der Waals surface area (Å²) in [6.45, 7) is -0.201. The zero-order chi connectivity index (χ0) is 18.2. The first-order chi connectivity index (χ1) is 12.0. The quantitative estimate of drug-likeness (QED) is 0.505. The Kier molecular flexibility index (Phi) is 6.53. The minimum atomic E-state index is -0.467. The maximum Gasteiger partial charge on any atom is 0.259 e. The van der Waals surface area contributed by atoms with Crippen molar-refractivity contribution in [2.24, 2.45) is 5.10 Å². The molecule has 0 aromatic heterocycles. The highest BCUT2D eigenvalue weighted by Gasteiger charge is 2.08. The summed E-state index contributed by atoms with van der Waals surface area (Å²) in [5.74, 6) is -0.554. The second-order valence-electron chi connectivity index (χ2n) is 4.90. The van der Waals surface area contributed by atoms with Crippen LogP contribution < -0.4 is 15.5 Å². The monoisotopic (exact) mass is 405 g/mol. The number of aromatic hydroxyl groups is 1. The summed E-state index contributed by atoms with van der Waals surface area (Å²) >= 11 is 3.20. The summed E-state index contributed by atoms with van der Waals surface area (Å²) in [5, 5.41) is 16.0. The van der Waals surface area contributed by atoms with Gasteiger partial charge in [0.1, 0.15) is 0 Å². The van der Waals surface area contributed by atoms with Crippen molar-refractivity contribution in [2.45, 2.75) is 0 Å². The number of hydrogen-bond acceptors (Lipinski definition) is 5. The van der Waals surface area contributed by atoms with Crippen molar-refractivity contribution in [1.29, 1.82) is 0 Å². The zero-order valence-corrected chi connectivity index (χ0v) is 14.9. The van der Waals surface area contributed by atoms with Crippen LogP contribution in [-0.4, -0.2) is 36.8 Å². The molecular formula is C17H16BrN3O4. The molecule has 8 heteroatoms. The van der Waals surface area contributed by atoms with E-state index in [1.807, 2.05) is 0 Å². The minimum absolute atomic E-state index is 0.0210. The Morgan fingerprint density at radius 2 is 2.00 bits per heavy atom. The molecule has 0 aliphatic rings. The molecule has 0 radical (unpaired) electrons. The van der Waals surface area contributed by atoms with Crippen molar-refractivity contribution >= 4 is 34.0 Å². The smallest absolute Gasteiger partial charge is 0.259 e. The van der Waals surface area contributed by atoms with E-state index in [9.17, 15) is 14.7 Å². The molecular weight excluding hydrogens is 390 g/mol. The highest BCUT2D eigenvalue weighted by Crippen LogP contribution is 2.34. The predicted molar refractivity (Wildman–Crippen MR) is 96.9 cm³/mol. The Morgan fingerprint density at radius 1 is 1.28 bits per heavy atom. The number of nitrogens with one attached hydrogen (secondary N) is 2. The molecule has 130 valence electrons. The van der Waals surface area contributed by atoms with E-state index in [1.165, 1.54) is 13.3 Å². The maximum absolute atomic E-state index is 11.8. The van der Waals surface area contributed by atoms with Gasteiger partial charge in [-0.15, -0.1) is 0 Å². The number of carbonyl (C=O) groups excluding carboxylic acids is 2. The fraction of sp³-hybridized carbons (Fsp3) is 0.118. The van der Waals surface area contributed by atoms with Crippen molar-refractivity contribution in [3.05, 3.63) is 58.1 Å². The Labute approximate surface area is 152 Å². The van der Waals surface area contributed by atoms with Crippen molar-refractivity contribution in [2.75, 3.05) is 13.7 Å². The summed E-state index contributed by atoms with van der Waals surface area (Å²) in [6.07, 6.45) is 1.39. The number of hydrazone groups is 1. The van der Waals surface area contributed by atoms with Gasteiger partial charge in [-0.1, -0.05) is 18.2 Å². The van der Waals surface area contributed by atoms with Crippen molar-refractivity contribution in [3.8, 4) is 11.5 Å². The standard InChI is InChI=1S/C17H16BrN3O4/c1-25-14-8-11(7-13(18)16(14)23)9-20-21-15(22)10-19-17(24)12-5-3-2-4-6-12/h2-9,23H,10H2,1H3,(H,19,24)(H,21,22). The van der Waals surface area contributed by atoms with Gasteiger partial charge in [0.2, 0.25) is 0 Å².